The van der Waals surface area contributed by atoms with Gasteiger partial charge in [-0.3, -0.25) is 13.7 Å². The third-order valence-corrected chi connectivity index (χ3v) is 8.93. The summed E-state index contributed by atoms with van der Waals surface area (Å²) in [7, 11) is -2.25. The van der Waals surface area contributed by atoms with E-state index in [0.29, 0.717) is 50.4 Å². The van der Waals surface area contributed by atoms with Gasteiger partial charge in [-0.2, -0.15) is 0 Å². The van der Waals surface area contributed by atoms with Crippen LogP contribution in [0.5, 0.6) is 0 Å². The van der Waals surface area contributed by atoms with Crippen molar-refractivity contribution in [3.63, 3.8) is 0 Å². The normalized spacial score (nSPS) is 15.9. The van der Waals surface area contributed by atoms with E-state index in [1.807, 2.05) is 17.9 Å². The van der Waals surface area contributed by atoms with E-state index in [-0.39, 0.29) is 34.8 Å². The fourth-order valence-corrected chi connectivity index (χ4v) is 5.94. The van der Waals surface area contributed by atoms with Gasteiger partial charge in [-0.25, -0.2) is 22.6 Å². The smallest absolute Gasteiger partial charge is 0.326 e. The number of piperidine rings is 1. The van der Waals surface area contributed by atoms with E-state index < -0.39 is 10.0 Å². The van der Waals surface area contributed by atoms with Crippen LogP contribution in [-0.2, 0) is 16.4 Å². The minimum atomic E-state index is -3.65. The summed E-state index contributed by atoms with van der Waals surface area (Å²) in [5.41, 5.74) is 3.10. The Hall–Kier alpha value is -4.19. The number of hydrogen-bond acceptors (Lipinski definition) is 6. The van der Waals surface area contributed by atoms with Crippen LogP contribution in [0.4, 0.5) is 21.7 Å². The Balaban J connectivity index is 1.45. The molecular formula is C29H33FN6O4S. The number of rotatable bonds is 7. The Morgan fingerprint density at radius 3 is 2.61 bits per heavy atom. The average Bonchev–Trinajstić information content (AvgIpc) is 3.49. The van der Waals surface area contributed by atoms with E-state index in [1.54, 1.807) is 33.8 Å². The number of imidazole rings is 1. The van der Waals surface area contributed by atoms with Gasteiger partial charge in [0.2, 0.25) is 10.0 Å². The first-order valence-electron chi connectivity index (χ1n) is 13.4. The number of halogens is 1. The summed E-state index contributed by atoms with van der Waals surface area (Å²) in [5, 5.41) is 0. The maximum absolute atomic E-state index is 13.8. The number of fused-ring (bicyclic) bond motifs is 1. The molecule has 0 aliphatic carbocycles. The van der Waals surface area contributed by atoms with Crippen molar-refractivity contribution in [1.29, 1.82) is 0 Å². The molecule has 1 saturated heterocycles. The lowest BCUT2D eigenvalue weighted by Gasteiger charge is -2.34. The van der Waals surface area contributed by atoms with Crippen LogP contribution in [0.25, 0.3) is 6.08 Å². The van der Waals surface area contributed by atoms with Crippen molar-refractivity contribution in [2.45, 2.75) is 32.2 Å². The zero-order valence-corrected chi connectivity index (χ0v) is 24.1. The molecule has 1 aromatic carbocycles. The number of H-pyrrole nitrogens is 1. The first-order chi connectivity index (χ1) is 19.5. The Bertz CT molecular complexity index is 1700. The van der Waals surface area contributed by atoms with E-state index in [4.69, 9.17) is 0 Å². The second-order valence-electron chi connectivity index (χ2n) is 10.4. The molecule has 2 aliphatic rings. The Morgan fingerprint density at radius 2 is 1.93 bits per heavy atom. The number of aromatic amines is 1. The number of aromatic nitrogens is 3. The van der Waals surface area contributed by atoms with E-state index in [0.717, 1.165) is 27.5 Å². The molecule has 0 spiro atoms. The first-order valence-corrected chi connectivity index (χ1v) is 15.2. The molecule has 41 heavy (non-hydrogen) atoms. The molecule has 2 aromatic heterocycles. The van der Waals surface area contributed by atoms with E-state index >= 15 is 0 Å². The number of nitrogens with one attached hydrogen (secondary N) is 1. The zero-order chi connectivity index (χ0) is 29.5. The summed E-state index contributed by atoms with van der Waals surface area (Å²) in [6.07, 6.45) is 8.22. The summed E-state index contributed by atoms with van der Waals surface area (Å²) in [5.74, 6) is -0.0679. The molecule has 1 fully saturated rings. The van der Waals surface area contributed by atoms with Crippen LogP contribution in [0.15, 0.2) is 53.9 Å². The summed E-state index contributed by atoms with van der Waals surface area (Å²) in [6.45, 7) is 7.06. The Labute approximate surface area is 238 Å². The Kier molecular flexibility index (Phi) is 7.60. The van der Waals surface area contributed by atoms with Crippen molar-refractivity contribution in [2.24, 2.45) is 0 Å². The molecule has 0 saturated carbocycles. The maximum atomic E-state index is 13.8. The molecule has 1 N–H and O–H groups in total. The number of carbonyl (C=O) groups excluding carboxylic acids is 1. The highest BCUT2D eigenvalue weighted by molar-refractivity contribution is 7.92. The van der Waals surface area contributed by atoms with Gasteiger partial charge in [-0.05, 0) is 68.2 Å². The number of nitrogens with zero attached hydrogens (tertiary/aromatic N) is 5. The molecular weight excluding hydrogens is 547 g/mol. The topological polar surface area (TPSA) is 112 Å². The predicted octanol–water partition coefficient (Wildman–Crippen LogP) is 3.66. The highest BCUT2D eigenvalue weighted by Crippen LogP contribution is 2.33. The Morgan fingerprint density at radius 1 is 1.20 bits per heavy atom. The molecule has 2 aliphatic heterocycles. The number of benzene rings is 1. The standard InChI is InChI=1S/C29H33FN6O4S/c1-5-6-7-24-19(2)31-29(38)36(24)23-11-13-34(14-12-23)27-18-21(17-26(32-27)33(3)41(4,39)40)28(37)35-15-10-20-16-22(30)8-9-25(20)35/h5-9,16-18,23H,1,10-15H2,2-4H3,(H,31,38)/b7-6-. The van der Waals surface area contributed by atoms with Crippen LogP contribution in [-0.4, -0.2) is 61.8 Å². The fraction of sp³-hybridized carbons (Fsp3) is 0.345. The van der Waals surface area contributed by atoms with Crippen molar-refractivity contribution in [2.75, 3.05) is 47.0 Å². The van der Waals surface area contributed by atoms with Crippen LogP contribution in [0.1, 0.15) is 46.2 Å². The van der Waals surface area contributed by atoms with Crippen molar-refractivity contribution < 1.29 is 17.6 Å². The summed E-state index contributed by atoms with van der Waals surface area (Å²) in [6, 6.07) is 7.46. The van der Waals surface area contributed by atoms with E-state index in [2.05, 4.69) is 16.5 Å². The first kappa shape index (κ1) is 28.3. The number of aryl methyl sites for hydroxylation is 1. The quantitative estimate of drug-likeness (QED) is 0.427. The van der Waals surface area contributed by atoms with Crippen molar-refractivity contribution in [3.8, 4) is 0 Å². The molecule has 3 aromatic rings. The van der Waals surface area contributed by atoms with Gasteiger partial charge >= 0.3 is 5.69 Å². The average molecular weight is 581 g/mol. The fourth-order valence-electron chi connectivity index (χ4n) is 5.51. The van der Waals surface area contributed by atoms with Gasteiger partial charge < -0.3 is 14.8 Å². The molecule has 0 unspecified atom stereocenters. The lowest BCUT2D eigenvalue weighted by atomic mass is 10.0. The van der Waals surface area contributed by atoms with E-state index in [1.165, 1.54) is 25.2 Å². The molecule has 4 heterocycles. The molecule has 5 rings (SSSR count). The lowest BCUT2D eigenvalue weighted by Crippen LogP contribution is -2.38. The molecule has 0 radical (unpaired) electrons. The maximum Gasteiger partial charge on any atom is 0.326 e. The number of anilines is 3. The van der Waals surface area contributed by atoms with Crippen molar-refractivity contribution in [3.05, 3.63) is 87.9 Å². The zero-order valence-electron chi connectivity index (χ0n) is 23.3. The third kappa shape index (κ3) is 5.56. The predicted molar refractivity (Wildman–Crippen MR) is 159 cm³/mol. The van der Waals surface area contributed by atoms with Gasteiger partial charge in [0.05, 0.1) is 11.9 Å². The number of allylic oxidation sites excluding steroid dienone is 2. The molecule has 0 bridgehead atoms. The van der Waals surface area contributed by atoms with Crippen LogP contribution < -0.4 is 19.8 Å². The van der Waals surface area contributed by atoms with Crippen molar-refractivity contribution >= 4 is 39.3 Å². The summed E-state index contributed by atoms with van der Waals surface area (Å²) >= 11 is 0. The number of pyridine rings is 1. The second-order valence-corrected chi connectivity index (χ2v) is 12.4. The third-order valence-electron chi connectivity index (χ3n) is 7.75. The van der Waals surface area contributed by atoms with Gasteiger partial charge in [0.25, 0.3) is 5.91 Å². The van der Waals surface area contributed by atoms with Crippen LogP contribution >= 0.6 is 0 Å². The van der Waals surface area contributed by atoms with Crippen molar-refractivity contribution in [1.82, 2.24) is 14.5 Å². The highest BCUT2D eigenvalue weighted by atomic mass is 32.2. The SMILES string of the molecule is C=C/C=C\c1c(C)[nH]c(=O)n1C1CCN(c2cc(C(=O)N3CCc4cc(F)ccc43)cc(N(C)S(C)(=O)=O)n2)CC1. The van der Waals surface area contributed by atoms with Crippen LogP contribution in [0.2, 0.25) is 0 Å². The largest absolute Gasteiger partial charge is 0.356 e. The summed E-state index contributed by atoms with van der Waals surface area (Å²) < 4.78 is 41.4. The van der Waals surface area contributed by atoms with Gasteiger partial charge in [-0.15, -0.1) is 0 Å². The molecule has 216 valence electrons. The number of carbonyl (C=O) groups is 1. The highest BCUT2D eigenvalue weighted by Gasteiger charge is 2.30. The molecule has 1 amide bonds. The van der Waals surface area contributed by atoms with Gasteiger partial charge in [0.1, 0.15) is 17.5 Å². The van der Waals surface area contributed by atoms with Crippen LogP contribution in [0.3, 0.4) is 0 Å². The lowest BCUT2D eigenvalue weighted by molar-refractivity contribution is 0.0989. The van der Waals surface area contributed by atoms with Gasteiger partial charge in [0, 0.05) is 49.7 Å². The van der Waals surface area contributed by atoms with Gasteiger partial charge in [0.15, 0.2) is 0 Å². The monoisotopic (exact) mass is 580 g/mol. The van der Waals surface area contributed by atoms with Gasteiger partial charge in [-0.1, -0.05) is 18.7 Å². The molecule has 12 heteroatoms. The second kappa shape index (κ2) is 11.0. The van der Waals surface area contributed by atoms with E-state index in [9.17, 15) is 22.4 Å². The molecule has 10 nitrogen and oxygen atoms in total. The summed E-state index contributed by atoms with van der Waals surface area (Å²) in [4.78, 5) is 37.6. The minimum Gasteiger partial charge on any atom is -0.356 e. The number of hydrogen-bond donors (Lipinski definition) is 1. The minimum absolute atomic E-state index is 0.0439. The number of amides is 1. The molecule has 0 atom stereocenters. The van der Waals surface area contributed by atoms with Crippen LogP contribution in [0, 0.1) is 12.7 Å². The number of sulfonamides is 1.